The predicted molar refractivity (Wildman–Crippen MR) is 72.0 cm³/mol. The third-order valence-electron chi connectivity index (χ3n) is 2.90. The minimum atomic E-state index is 0.196. The van der Waals surface area contributed by atoms with Crippen LogP contribution >= 0.6 is 11.6 Å². The predicted octanol–water partition coefficient (Wildman–Crippen LogP) is 3.67. The lowest BCUT2D eigenvalue weighted by Crippen LogP contribution is -1.89. The molecule has 0 aliphatic rings. The average molecular weight is 259 g/mol. The number of halogens is 1. The molecule has 0 saturated heterocycles. The number of para-hydroxylation sites is 1. The fourth-order valence-corrected chi connectivity index (χ4v) is 2.23. The van der Waals surface area contributed by atoms with Gasteiger partial charge in [0.15, 0.2) is 5.15 Å². The Morgan fingerprint density at radius 2 is 2.00 bits per heavy atom. The van der Waals surface area contributed by atoms with Crippen LogP contribution in [0.1, 0.15) is 5.56 Å². The number of nitrogens with zero attached hydrogens (tertiary/aromatic N) is 2. The molecule has 0 spiro atoms. The van der Waals surface area contributed by atoms with Crippen LogP contribution in [-0.2, 0) is 0 Å². The fraction of sp³-hybridized carbons (Fsp3) is 0.0714. The molecule has 0 radical (unpaired) electrons. The van der Waals surface area contributed by atoms with Crippen LogP contribution in [0.4, 0.5) is 0 Å². The Labute approximate surface area is 109 Å². The second kappa shape index (κ2) is 4.03. The Hall–Kier alpha value is -2.00. The molecular weight excluding hydrogens is 248 g/mol. The summed E-state index contributed by atoms with van der Waals surface area (Å²) in [5, 5.41) is 10.3. The number of aromatic nitrogens is 2. The molecule has 0 aliphatic carbocycles. The number of rotatable bonds is 1. The average Bonchev–Trinajstić information content (AvgIpc) is 2.67. The molecule has 90 valence electrons. The molecular formula is C14H11ClN2O. The van der Waals surface area contributed by atoms with E-state index in [9.17, 15) is 5.11 Å². The number of fused-ring (bicyclic) bond motifs is 1. The van der Waals surface area contributed by atoms with E-state index in [0.717, 1.165) is 11.1 Å². The lowest BCUT2D eigenvalue weighted by atomic mass is 10.2. The SMILES string of the molecule is Cc1ccn2c(-c3ccccc3O)nc(Cl)c2c1. The third-order valence-corrected chi connectivity index (χ3v) is 3.18. The van der Waals surface area contributed by atoms with Crippen molar-refractivity contribution in [1.82, 2.24) is 9.38 Å². The van der Waals surface area contributed by atoms with E-state index in [1.807, 2.05) is 41.8 Å². The van der Waals surface area contributed by atoms with Gasteiger partial charge in [-0.2, -0.15) is 0 Å². The van der Waals surface area contributed by atoms with Gasteiger partial charge in [-0.05, 0) is 36.8 Å². The number of aromatic hydroxyl groups is 1. The Morgan fingerprint density at radius 3 is 2.78 bits per heavy atom. The van der Waals surface area contributed by atoms with Crippen molar-refractivity contribution < 1.29 is 5.11 Å². The molecule has 0 fully saturated rings. The lowest BCUT2D eigenvalue weighted by molar-refractivity contribution is 0.477. The highest BCUT2D eigenvalue weighted by atomic mass is 35.5. The van der Waals surface area contributed by atoms with Crippen molar-refractivity contribution in [3.63, 3.8) is 0 Å². The largest absolute Gasteiger partial charge is 0.507 e. The highest BCUT2D eigenvalue weighted by Crippen LogP contribution is 2.31. The van der Waals surface area contributed by atoms with E-state index in [1.165, 1.54) is 0 Å². The zero-order valence-corrected chi connectivity index (χ0v) is 10.5. The molecule has 0 unspecified atom stereocenters. The minimum Gasteiger partial charge on any atom is -0.507 e. The zero-order valence-electron chi connectivity index (χ0n) is 9.76. The maximum absolute atomic E-state index is 9.89. The van der Waals surface area contributed by atoms with E-state index < -0.39 is 0 Å². The summed E-state index contributed by atoms with van der Waals surface area (Å²) in [6.45, 7) is 2.00. The van der Waals surface area contributed by atoms with E-state index in [1.54, 1.807) is 12.1 Å². The summed E-state index contributed by atoms with van der Waals surface area (Å²) in [5.41, 5.74) is 2.63. The second-order valence-electron chi connectivity index (χ2n) is 4.20. The first-order chi connectivity index (χ1) is 8.66. The second-order valence-corrected chi connectivity index (χ2v) is 4.56. The number of hydrogen-bond donors (Lipinski definition) is 1. The maximum Gasteiger partial charge on any atom is 0.155 e. The van der Waals surface area contributed by atoms with Crippen LogP contribution in [0.15, 0.2) is 42.6 Å². The molecule has 3 aromatic rings. The van der Waals surface area contributed by atoms with Gasteiger partial charge in [0, 0.05) is 6.20 Å². The smallest absolute Gasteiger partial charge is 0.155 e. The molecule has 0 atom stereocenters. The third kappa shape index (κ3) is 1.64. The lowest BCUT2D eigenvalue weighted by Gasteiger charge is -2.03. The molecule has 3 rings (SSSR count). The van der Waals surface area contributed by atoms with Gasteiger partial charge in [0.2, 0.25) is 0 Å². The fourth-order valence-electron chi connectivity index (χ4n) is 2.01. The quantitative estimate of drug-likeness (QED) is 0.723. The summed E-state index contributed by atoms with van der Waals surface area (Å²) < 4.78 is 1.88. The Morgan fingerprint density at radius 1 is 1.22 bits per heavy atom. The first kappa shape index (κ1) is 11.1. The molecule has 0 amide bonds. The number of phenolic OH excluding ortho intramolecular Hbond substituents is 1. The normalized spacial score (nSPS) is 11.0. The van der Waals surface area contributed by atoms with Crippen molar-refractivity contribution in [3.05, 3.63) is 53.3 Å². The van der Waals surface area contributed by atoms with Crippen LogP contribution in [0.2, 0.25) is 5.15 Å². The molecule has 2 aromatic heterocycles. The molecule has 0 saturated carbocycles. The van der Waals surface area contributed by atoms with Crippen molar-refractivity contribution in [3.8, 4) is 17.1 Å². The van der Waals surface area contributed by atoms with Crippen LogP contribution in [-0.4, -0.2) is 14.5 Å². The first-order valence-electron chi connectivity index (χ1n) is 5.59. The van der Waals surface area contributed by atoms with E-state index in [4.69, 9.17) is 11.6 Å². The van der Waals surface area contributed by atoms with E-state index in [0.29, 0.717) is 16.5 Å². The maximum atomic E-state index is 9.89. The summed E-state index contributed by atoms with van der Waals surface area (Å²) >= 11 is 6.14. The van der Waals surface area contributed by atoms with Gasteiger partial charge in [-0.25, -0.2) is 4.98 Å². The number of pyridine rings is 1. The number of hydrogen-bond acceptors (Lipinski definition) is 2. The molecule has 1 aromatic carbocycles. The summed E-state index contributed by atoms with van der Waals surface area (Å²) in [6, 6.07) is 11.0. The van der Waals surface area contributed by atoms with Crippen molar-refractivity contribution >= 4 is 17.1 Å². The van der Waals surface area contributed by atoms with Crippen LogP contribution in [0, 0.1) is 6.92 Å². The summed E-state index contributed by atoms with van der Waals surface area (Å²) in [6.07, 6.45) is 1.91. The monoisotopic (exact) mass is 258 g/mol. The van der Waals surface area contributed by atoms with E-state index in [2.05, 4.69) is 4.98 Å². The Bertz CT molecular complexity index is 734. The Kier molecular flexibility index (Phi) is 2.49. The van der Waals surface area contributed by atoms with Crippen molar-refractivity contribution in [2.24, 2.45) is 0 Å². The van der Waals surface area contributed by atoms with Gasteiger partial charge >= 0.3 is 0 Å². The van der Waals surface area contributed by atoms with Gasteiger partial charge in [0.1, 0.15) is 11.6 Å². The summed E-state index contributed by atoms with van der Waals surface area (Å²) in [5.74, 6) is 0.842. The van der Waals surface area contributed by atoms with Gasteiger partial charge in [-0.15, -0.1) is 0 Å². The number of phenols is 1. The zero-order chi connectivity index (χ0) is 12.7. The van der Waals surface area contributed by atoms with Gasteiger partial charge in [0.05, 0.1) is 11.1 Å². The van der Waals surface area contributed by atoms with E-state index in [-0.39, 0.29) is 5.75 Å². The molecule has 2 heterocycles. The number of benzene rings is 1. The summed E-state index contributed by atoms with van der Waals surface area (Å²) in [7, 11) is 0. The highest BCUT2D eigenvalue weighted by molar-refractivity contribution is 6.32. The topological polar surface area (TPSA) is 37.5 Å². The molecule has 3 nitrogen and oxygen atoms in total. The standard InChI is InChI=1S/C14H11ClN2O/c1-9-6-7-17-11(8-9)13(15)16-14(17)10-4-2-3-5-12(10)18/h2-8,18H,1H3. The highest BCUT2D eigenvalue weighted by Gasteiger charge is 2.13. The van der Waals surface area contributed by atoms with Crippen molar-refractivity contribution in [1.29, 1.82) is 0 Å². The van der Waals surface area contributed by atoms with Gasteiger partial charge in [-0.1, -0.05) is 23.7 Å². The van der Waals surface area contributed by atoms with Crippen LogP contribution in [0.5, 0.6) is 5.75 Å². The van der Waals surface area contributed by atoms with Crippen molar-refractivity contribution in [2.45, 2.75) is 6.92 Å². The first-order valence-corrected chi connectivity index (χ1v) is 5.97. The van der Waals surface area contributed by atoms with Crippen LogP contribution < -0.4 is 0 Å². The van der Waals surface area contributed by atoms with Gasteiger partial charge in [-0.3, -0.25) is 4.40 Å². The van der Waals surface area contributed by atoms with E-state index >= 15 is 0 Å². The van der Waals surface area contributed by atoms with Crippen LogP contribution in [0.3, 0.4) is 0 Å². The number of imidazole rings is 1. The molecule has 4 heteroatoms. The van der Waals surface area contributed by atoms with Gasteiger partial charge < -0.3 is 5.11 Å². The van der Waals surface area contributed by atoms with Crippen molar-refractivity contribution in [2.75, 3.05) is 0 Å². The minimum absolute atomic E-state index is 0.196. The van der Waals surface area contributed by atoms with Gasteiger partial charge in [0.25, 0.3) is 0 Å². The molecule has 18 heavy (non-hydrogen) atoms. The molecule has 0 bridgehead atoms. The molecule has 0 aliphatic heterocycles. The number of aryl methyl sites for hydroxylation is 1. The summed E-state index contributed by atoms with van der Waals surface area (Å²) in [4.78, 5) is 4.33. The Balaban J connectivity index is 2.34. The van der Waals surface area contributed by atoms with Crippen LogP contribution in [0.25, 0.3) is 16.9 Å². The molecule has 1 N–H and O–H groups in total.